The zero-order valence-corrected chi connectivity index (χ0v) is 14.3. The van der Waals surface area contributed by atoms with Crippen LogP contribution in [0, 0.1) is 6.92 Å². The molecular formula is C19H26N4. The fraction of sp³-hybridized carbons (Fsp3) is 0.474. The van der Waals surface area contributed by atoms with Gasteiger partial charge < -0.3 is 10.2 Å². The molecule has 1 aliphatic heterocycles. The van der Waals surface area contributed by atoms with Crippen LogP contribution in [0.2, 0.25) is 0 Å². The lowest BCUT2D eigenvalue weighted by molar-refractivity contribution is 0.724. The third-order valence-corrected chi connectivity index (χ3v) is 4.30. The van der Waals surface area contributed by atoms with Crippen molar-refractivity contribution < 1.29 is 0 Å². The summed E-state index contributed by atoms with van der Waals surface area (Å²) in [6.45, 7) is 10.6. The third-order valence-electron chi connectivity index (χ3n) is 4.30. The lowest BCUT2D eigenvalue weighted by atomic mass is 10.1. The number of hydrogen-bond donors (Lipinski definition) is 1. The van der Waals surface area contributed by atoms with Crippen molar-refractivity contribution in [1.82, 2.24) is 15.3 Å². The summed E-state index contributed by atoms with van der Waals surface area (Å²) in [6.07, 6.45) is 1.15. The maximum absolute atomic E-state index is 4.87. The van der Waals surface area contributed by atoms with Gasteiger partial charge in [0.25, 0.3) is 0 Å². The van der Waals surface area contributed by atoms with Gasteiger partial charge in [-0.3, -0.25) is 0 Å². The van der Waals surface area contributed by atoms with E-state index in [1.165, 1.54) is 5.56 Å². The van der Waals surface area contributed by atoms with Gasteiger partial charge >= 0.3 is 0 Å². The first-order valence-corrected chi connectivity index (χ1v) is 8.55. The van der Waals surface area contributed by atoms with Crippen LogP contribution < -0.4 is 10.2 Å². The fourth-order valence-corrected chi connectivity index (χ4v) is 2.82. The predicted octanol–water partition coefficient (Wildman–Crippen LogP) is 3.38. The maximum atomic E-state index is 4.87. The van der Waals surface area contributed by atoms with Crippen molar-refractivity contribution >= 4 is 5.82 Å². The molecular weight excluding hydrogens is 284 g/mol. The first kappa shape index (κ1) is 15.9. The van der Waals surface area contributed by atoms with E-state index >= 15 is 0 Å². The number of nitrogens with one attached hydrogen (secondary N) is 1. The van der Waals surface area contributed by atoms with Gasteiger partial charge in [0.2, 0.25) is 0 Å². The Morgan fingerprint density at radius 1 is 1.04 bits per heavy atom. The fourth-order valence-electron chi connectivity index (χ4n) is 2.82. The molecule has 0 saturated carbocycles. The van der Waals surface area contributed by atoms with E-state index in [9.17, 15) is 0 Å². The van der Waals surface area contributed by atoms with Crippen LogP contribution in [0.15, 0.2) is 30.3 Å². The first-order valence-electron chi connectivity index (χ1n) is 8.55. The minimum atomic E-state index is 0.394. The average molecular weight is 310 g/mol. The van der Waals surface area contributed by atoms with E-state index in [-0.39, 0.29) is 0 Å². The van der Waals surface area contributed by atoms with Gasteiger partial charge in [-0.1, -0.05) is 43.7 Å². The summed E-state index contributed by atoms with van der Waals surface area (Å²) >= 11 is 0. The van der Waals surface area contributed by atoms with Crippen LogP contribution in [0.5, 0.6) is 0 Å². The number of anilines is 1. The highest BCUT2D eigenvalue weighted by Crippen LogP contribution is 2.24. The summed E-state index contributed by atoms with van der Waals surface area (Å²) in [4.78, 5) is 12.0. The van der Waals surface area contributed by atoms with E-state index in [2.05, 4.69) is 61.3 Å². The summed E-state index contributed by atoms with van der Waals surface area (Å²) in [6, 6.07) is 10.6. The molecule has 0 amide bonds. The molecule has 1 aromatic carbocycles. The Bertz CT molecular complexity index is 641. The molecule has 2 heterocycles. The Labute approximate surface area is 139 Å². The van der Waals surface area contributed by atoms with E-state index in [1.807, 2.05) is 0 Å². The van der Waals surface area contributed by atoms with Crippen molar-refractivity contribution in [3.8, 4) is 11.4 Å². The van der Waals surface area contributed by atoms with Crippen molar-refractivity contribution in [3.63, 3.8) is 0 Å². The molecule has 1 N–H and O–H groups in total. The van der Waals surface area contributed by atoms with Gasteiger partial charge in [-0.05, 0) is 25.8 Å². The van der Waals surface area contributed by atoms with Gasteiger partial charge in [0, 0.05) is 37.0 Å². The minimum Gasteiger partial charge on any atom is -0.355 e. The highest BCUT2D eigenvalue weighted by Gasteiger charge is 2.15. The summed E-state index contributed by atoms with van der Waals surface area (Å²) < 4.78 is 0. The molecule has 0 spiro atoms. The molecule has 0 unspecified atom stereocenters. The van der Waals surface area contributed by atoms with Crippen LogP contribution in [0.3, 0.4) is 0 Å². The van der Waals surface area contributed by atoms with E-state index in [0.29, 0.717) is 5.92 Å². The lowest BCUT2D eigenvalue weighted by Gasteiger charge is -2.22. The molecule has 3 rings (SSSR count). The molecule has 0 atom stereocenters. The van der Waals surface area contributed by atoms with Gasteiger partial charge in [-0.15, -0.1) is 0 Å². The normalized spacial score (nSPS) is 15.7. The molecule has 1 aliphatic rings. The Hall–Kier alpha value is -1.94. The highest BCUT2D eigenvalue weighted by molar-refractivity contribution is 5.58. The smallest absolute Gasteiger partial charge is 0.161 e. The monoisotopic (exact) mass is 310 g/mol. The number of nitrogens with zero attached hydrogens (tertiary/aromatic N) is 3. The second-order valence-corrected chi connectivity index (χ2v) is 6.59. The summed E-state index contributed by atoms with van der Waals surface area (Å²) in [7, 11) is 0. The number of aryl methyl sites for hydroxylation is 1. The van der Waals surface area contributed by atoms with E-state index < -0.39 is 0 Å². The molecule has 1 fully saturated rings. The standard InChI is InChI=1S/C19H26N4/c1-14(2)17-13-18(23-11-4-9-20-10-12-23)22-19(21-17)16-7-5-15(3)6-8-16/h5-8,13-14,20H,4,9-12H2,1-3H3. The second-order valence-electron chi connectivity index (χ2n) is 6.59. The summed E-state index contributed by atoms with van der Waals surface area (Å²) in [5, 5.41) is 3.45. The van der Waals surface area contributed by atoms with Gasteiger partial charge in [0.15, 0.2) is 5.82 Å². The van der Waals surface area contributed by atoms with Crippen LogP contribution in [0.1, 0.15) is 37.4 Å². The molecule has 1 saturated heterocycles. The molecule has 122 valence electrons. The van der Waals surface area contributed by atoms with Crippen LogP contribution in [-0.4, -0.2) is 36.1 Å². The topological polar surface area (TPSA) is 41.1 Å². The lowest BCUT2D eigenvalue weighted by Crippen LogP contribution is -2.29. The molecule has 0 radical (unpaired) electrons. The van der Waals surface area contributed by atoms with Gasteiger partial charge in [-0.25, -0.2) is 9.97 Å². The van der Waals surface area contributed by atoms with Crippen molar-refractivity contribution in [2.24, 2.45) is 0 Å². The first-order chi connectivity index (χ1) is 11.1. The molecule has 0 aliphatic carbocycles. The predicted molar refractivity (Wildman–Crippen MR) is 96.0 cm³/mol. The average Bonchev–Trinajstić information content (AvgIpc) is 2.84. The Morgan fingerprint density at radius 2 is 1.83 bits per heavy atom. The number of benzene rings is 1. The molecule has 1 aromatic heterocycles. The SMILES string of the molecule is Cc1ccc(-c2nc(C(C)C)cc(N3CCCNCC3)n2)cc1. The zero-order chi connectivity index (χ0) is 16.2. The zero-order valence-electron chi connectivity index (χ0n) is 14.3. The second kappa shape index (κ2) is 7.09. The van der Waals surface area contributed by atoms with Crippen molar-refractivity contribution in [2.75, 3.05) is 31.1 Å². The molecule has 2 aromatic rings. The van der Waals surface area contributed by atoms with E-state index in [0.717, 1.165) is 55.5 Å². The number of aromatic nitrogens is 2. The Kier molecular flexibility index (Phi) is 4.91. The van der Waals surface area contributed by atoms with Crippen molar-refractivity contribution in [1.29, 1.82) is 0 Å². The number of hydrogen-bond acceptors (Lipinski definition) is 4. The Balaban J connectivity index is 2.00. The molecule has 4 heteroatoms. The molecule has 23 heavy (non-hydrogen) atoms. The van der Waals surface area contributed by atoms with E-state index in [4.69, 9.17) is 9.97 Å². The maximum Gasteiger partial charge on any atom is 0.161 e. The van der Waals surface area contributed by atoms with Crippen LogP contribution >= 0.6 is 0 Å². The Morgan fingerprint density at radius 3 is 2.57 bits per heavy atom. The molecule has 4 nitrogen and oxygen atoms in total. The largest absolute Gasteiger partial charge is 0.355 e. The third kappa shape index (κ3) is 3.88. The summed E-state index contributed by atoms with van der Waals surface area (Å²) in [5.41, 5.74) is 3.46. The number of rotatable bonds is 3. The van der Waals surface area contributed by atoms with Crippen molar-refractivity contribution in [3.05, 3.63) is 41.6 Å². The van der Waals surface area contributed by atoms with Gasteiger partial charge in [-0.2, -0.15) is 0 Å². The minimum absolute atomic E-state index is 0.394. The van der Waals surface area contributed by atoms with Crippen LogP contribution in [0.25, 0.3) is 11.4 Å². The van der Waals surface area contributed by atoms with Crippen LogP contribution in [-0.2, 0) is 0 Å². The van der Waals surface area contributed by atoms with Gasteiger partial charge in [0.05, 0.1) is 0 Å². The van der Waals surface area contributed by atoms with E-state index in [1.54, 1.807) is 0 Å². The quantitative estimate of drug-likeness (QED) is 0.943. The highest BCUT2D eigenvalue weighted by atomic mass is 15.2. The molecule has 0 bridgehead atoms. The van der Waals surface area contributed by atoms with Crippen molar-refractivity contribution in [2.45, 2.75) is 33.1 Å². The van der Waals surface area contributed by atoms with Crippen LogP contribution in [0.4, 0.5) is 5.82 Å². The van der Waals surface area contributed by atoms with Gasteiger partial charge in [0.1, 0.15) is 5.82 Å². The summed E-state index contributed by atoms with van der Waals surface area (Å²) in [5.74, 6) is 2.29.